The molecule has 0 atom stereocenters. The number of unbranched alkanes of at least 4 members (excludes halogenated alkanes) is 1. The molecule has 0 unspecified atom stereocenters. The second kappa shape index (κ2) is 7.54. The van der Waals surface area contributed by atoms with Crippen LogP contribution in [-0.2, 0) is 0 Å². The molecule has 0 aromatic heterocycles. The second-order valence-corrected chi connectivity index (χ2v) is 5.33. The van der Waals surface area contributed by atoms with Crippen molar-refractivity contribution >= 4 is 6.29 Å². The highest BCUT2D eigenvalue weighted by Gasteiger charge is 2.15. The number of ether oxygens (including phenoxy) is 2. The Morgan fingerprint density at radius 3 is 2.65 bits per heavy atom. The van der Waals surface area contributed by atoms with Crippen LogP contribution in [0.3, 0.4) is 0 Å². The zero-order valence-electron chi connectivity index (χ0n) is 12.3. The van der Waals surface area contributed by atoms with Crippen molar-refractivity contribution < 1.29 is 14.3 Å². The van der Waals surface area contributed by atoms with Crippen LogP contribution < -0.4 is 9.47 Å². The Labute approximate surface area is 120 Å². The Hall–Kier alpha value is -2.02. The first-order valence-corrected chi connectivity index (χ1v) is 6.69. The number of aldehydes is 1. The van der Waals surface area contributed by atoms with E-state index in [9.17, 15) is 4.79 Å². The third kappa shape index (κ3) is 4.93. The van der Waals surface area contributed by atoms with E-state index in [0.717, 1.165) is 25.5 Å². The lowest BCUT2D eigenvalue weighted by Crippen LogP contribution is -2.08. The summed E-state index contributed by atoms with van der Waals surface area (Å²) in [4.78, 5) is 10.8. The standard InChI is InChI=1S/C16H21NO3/c1-16(2,12-17)8-4-5-9-20-15-10-13(11-18)6-7-14(15)19-3/h6-7,10-11H,4-5,8-9H2,1-3H3. The van der Waals surface area contributed by atoms with E-state index in [-0.39, 0.29) is 5.41 Å². The summed E-state index contributed by atoms with van der Waals surface area (Å²) in [5, 5.41) is 8.92. The molecule has 0 fully saturated rings. The van der Waals surface area contributed by atoms with Crippen LogP contribution in [0.4, 0.5) is 0 Å². The van der Waals surface area contributed by atoms with Crippen LogP contribution in [0.15, 0.2) is 18.2 Å². The number of methoxy groups -OCH3 is 1. The van der Waals surface area contributed by atoms with E-state index < -0.39 is 0 Å². The molecule has 0 aliphatic heterocycles. The smallest absolute Gasteiger partial charge is 0.161 e. The van der Waals surface area contributed by atoms with Gasteiger partial charge in [0, 0.05) is 5.56 Å². The summed E-state index contributed by atoms with van der Waals surface area (Å²) in [7, 11) is 1.57. The number of rotatable bonds is 8. The van der Waals surface area contributed by atoms with E-state index in [1.165, 1.54) is 0 Å². The molecule has 0 spiro atoms. The minimum Gasteiger partial charge on any atom is -0.493 e. The number of carbonyl (C=O) groups excluding carboxylic acids is 1. The molecule has 0 heterocycles. The average molecular weight is 275 g/mol. The van der Waals surface area contributed by atoms with Crippen molar-refractivity contribution in [3.05, 3.63) is 23.8 Å². The maximum absolute atomic E-state index is 10.8. The van der Waals surface area contributed by atoms with Gasteiger partial charge in [-0.15, -0.1) is 0 Å². The molecule has 108 valence electrons. The van der Waals surface area contributed by atoms with Gasteiger partial charge in [-0.2, -0.15) is 5.26 Å². The van der Waals surface area contributed by atoms with Gasteiger partial charge in [-0.1, -0.05) is 0 Å². The highest BCUT2D eigenvalue weighted by Crippen LogP contribution is 2.28. The molecule has 0 aliphatic carbocycles. The minimum absolute atomic E-state index is 0.283. The highest BCUT2D eigenvalue weighted by atomic mass is 16.5. The van der Waals surface area contributed by atoms with Crippen molar-refractivity contribution in [3.8, 4) is 17.6 Å². The molecule has 4 heteroatoms. The first kappa shape index (κ1) is 16.0. The largest absolute Gasteiger partial charge is 0.493 e. The van der Waals surface area contributed by atoms with Gasteiger partial charge in [-0.05, 0) is 51.3 Å². The third-order valence-corrected chi connectivity index (χ3v) is 3.08. The van der Waals surface area contributed by atoms with E-state index in [4.69, 9.17) is 14.7 Å². The summed E-state index contributed by atoms with van der Waals surface area (Å²) < 4.78 is 10.8. The van der Waals surface area contributed by atoms with Gasteiger partial charge < -0.3 is 9.47 Å². The lowest BCUT2D eigenvalue weighted by atomic mass is 9.89. The van der Waals surface area contributed by atoms with Gasteiger partial charge in [0.05, 0.1) is 25.2 Å². The molecular formula is C16H21NO3. The Morgan fingerprint density at radius 2 is 2.05 bits per heavy atom. The summed E-state index contributed by atoms with van der Waals surface area (Å²) in [6.45, 7) is 4.41. The van der Waals surface area contributed by atoms with E-state index in [1.807, 2.05) is 13.8 Å². The van der Waals surface area contributed by atoms with Crippen molar-refractivity contribution in [3.63, 3.8) is 0 Å². The van der Waals surface area contributed by atoms with Gasteiger partial charge >= 0.3 is 0 Å². The molecular weight excluding hydrogens is 254 g/mol. The second-order valence-electron chi connectivity index (χ2n) is 5.33. The fourth-order valence-electron chi connectivity index (χ4n) is 1.79. The van der Waals surface area contributed by atoms with Crippen molar-refractivity contribution in [1.29, 1.82) is 5.26 Å². The van der Waals surface area contributed by atoms with Crippen LogP contribution in [0, 0.1) is 16.7 Å². The molecule has 0 N–H and O–H groups in total. The Balaban J connectivity index is 2.46. The number of nitrogens with zero attached hydrogens (tertiary/aromatic N) is 1. The SMILES string of the molecule is COc1ccc(C=O)cc1OCCCCC(C)(C)C#N. The summed E-state index contributed by atoms with van der Waals surface area (Å²) >= 11 is 0. The van der Waals surface area contributed by atoms with Crippen LogP contribution in [0.5, 0.6) is 11.5 Å². The molecule has 20 heavy (non-hydrogen) atoms. The molecule has 0 radical (unpaired) electrons. The monoisotopic (exact) mass is 275 g/mol. The molecule has 1 rings (SSSR count). The van der Waals surface area contributed by atoms with Crippen LogP contribution in [0.1, 0.15) is 43.5 Å². The van der Waals surface area contributed by atoms with Crippen molar-refractivity contribution in [2.75, 3.05) is 13.7 Å². The van der Waals surface area contributed by atoms with E-state index in [1.54, 1.807) is 25.3 Å². The van der Waals surface area contributed by atoms with Crippen molar-refractivity contribution in [1.82, 2.24) is 0 Å². The topological polar surface area (TPSA) is 59.3 Å². The van der Waals surface area contributed by atoms with E-state index in [2.05, 4.69) is 6.07 Å². The fourth-order valence-corrected chi connectivity index (χ4v) is 1.79. The Kier molecular flexibility index (Phi) is 6.05. The van der Waals surface area contributed by atoms with Gasteiger partial charge in [0.25, 0.3) is 0 Å². The van der Waals surface area contributed by atoms with Crippen LogP contribution in [-0.4, -0.2) is 20.0 Å². The predicted molar refractivity (Wildman–Crippen MR) is 77.1 cm³/mol. The average Bonchev–Trinajstić information content (AvgIpc) is 2.46. The maximum atomic E-state index is 10.8. The Bertz CT molecular complexity index is 489. The van der Waals surface area contributed by atoms with Gasteiger partial charge in [-0.3, -0.25) is 4.79 Å². The summed E-state index contributed by atoms with van der Waals surface area (Å²) in [5.74, 6) is 1.20. The molecule has 0 saturated heterocycles. The van der Waals surface area contributed by atoms with Crippen molar-refractivity contribution in [2.24, 2.45) is 5.41 Å². The third-order valence-electron chi connectivity index (χ3n) is 3.08. The molecule has 1 aromatic rings. The first-order chi connectivity index (χ1) is 9.52. The fraction of sp³-hybridized carbons (Fsp3) is 0.500. The quantitative estimate of drug-likeness (QED) is 0.537. The molecule has 0 aliphatic rings. The lowest BCUT2D eigenvalue weighted by molar-refractivity contribution is 0.112. The van der Waals surface area contributed by atoms with Gasteiger partial charge in [-0.25, -0.2) is 0 Å². The van der Waals surface area contributed by atoms with Gasteiger partial charge in [0.2, 0.25) is 0 Å². The minimum atomic E-state index is -0.283. The van der Waals surface area contributed by atoms with Crippen molar-refractivity contribution in [2.45, 2.75) is 33.1 Å². The van der Waals surface area contributed by atoms with Gasteiger partial charge in [0.1, 0.15) is 6.29 Å². The molecule has 0 bridgehead atoms. The summed E-state index contributed by atoms with van der Waals surface area (Å²) in [6, 6.07) is 7.36. The maximum Gasteiger partial charge on any atom is 0.161 e. The number of carbonyl (C=O) groups is 1. The molecule has 0 saturated carbocycles. The lowest BCUT2D eigenvalue weighted by Gasteiger charge is -2.15. The summed E-state index contributed by atoms with van der Waals surface area (Å²) in [6.07, 6.45) is 3.41. The number of hydrogen-bond acceptors (Lipinski definition) is 4. The Morgan fingerprint density at radius 1 is 1.30 bits per heavy atom. The number of benzene rings is 1. The van der Waals surface area contributed by atoms with Crippen LogP contribution >= 0.6 is 0 Å². The van der Waals surface area contributed by atoms with E-state index in [0.29, 0.717) is 23.7 Å². The highest BCUT2D eigenvalue weighted by molar-refractivity contribution is 5.76. The molecule has 1 aromatic carbocycles. The van der Waals surface area contributed by atoms with Crippen LogP contribution in [0.25, 0.3) is 0 Å². The molecule has 0 amide bonds. The zero-order valence-corrected chi connectivity index (χ0v) is 12.3. The van der Waals surface area contributed by atoms with Gasteiger partial charge in [0.15, 0.2) is 11.5 Å². The first-order valence-electron chi connectivity index (χ1n) is 6.69. The van der Waals surface area contributed by atoms with Crippen LogP contribution in [0.2, 0.25) is 0 Å². The normalized spacial score (nSPS) is 10.7. The predicted octanol–water partition coefficient (Wildman–Crippen LogP) is 3.61. The number of hydrogen-bond donors (Lipinski definition) is 0. The summed E-state index contributed by atoms with van der Waals surface area (Å²) in [5.41, 5.74) is 0.279. The number of nitriles is 1. The molecule has 4 nitrogen and oxygen atoms in total. The zero-order chi connectivity index (χ0) is 15.0. The van der Waals surface area contributed by atoms with E-state index >= 15 is 0 Å².